The molecule has 1 aliphatic rings. The summed E-state index contributed by atoms with van der Waals surface area (Å²) in [6, 6.07) is 4.86. The fourth-order valence-electron chi connectivity index (χ4n) is 4.34. The van der Waals surface area contributed by atoms with E-state index in [0.717, 1.165) is 18.6 Å². The van der Waals surface area contributed by atoms with Crippen molar-refractivity contribution in [1.29, 1.82) is 0 Å². The van der Waals surface area contributed by atoms with Gasteiger partial charge in [-0.15, -0.1) is 0 Å². The molecule has 4 rings (SSSR count). The summed E-state index contributed by atoms with van der Waals surface area (Å²) in [5.74, 6) is 0.669. The van der Waals surface area contributed by atoms with Gasteiger partial charge in [-0.25, -0.2) is 9.67 Å². The van der Waals surface area contributed by atoms with Crippen LogP contribution in [0.2, 0.25) is 0 Å². The summed E-state index contributed by atoms with van der Waals surface area (Å²) < 4.78 is 41.6. The minimum Gasteiger partial charge on any atom is -0.354 e. The highest BCUT2D eigenvalue weighted by atomic mass is 19.4. The number of fused-ring (bicyclic) bond motifs is 1. The van der Waals surface area contributed by atoms with E-state index in [1.165, 1.54) is 54.9 Å². The summed E-state index contributed by atoms with van der Waals surface area (Å²) in [7, 11) is 0. The van der Waals surface area contributed by atoms with E-state index < -0.39 is 11.7 Å². The average Bonchev–Trinajstić information content (AvgIpc) is 3.44. The smallest absolute Gasteiger partial charge is 0.354 e. The monoisotopic (exact) mass is 461 g/mol. The third-order valence-corrected chi connectivity index (χ3v) is 6.13. The molecule has 2 heterocycles. The van der Waals surface area contributed by atoms with Crippen molar-refractivity contribution in [3.63, 3.8) is 0 Å². The van der Waals surface area contributed by atoms with Crippen LogP contribution in [0.5, 0.6) is 0 Å². The standard InChI is InChI=1S/C23H26F3N5O2/c24-23(25,26)18-7-3-6-17(12-18)14-30-15-28-21-19(22(30)33)13-29-31(21)11-10-27-20(32)9-8-16-4-1-2-5-16/h3,6-7,12-13,15-16H,1-2,4-5,8-11,14H2,(H,27,32). The highest BCUT2D eigenvalue weighted by molar-refractivity contribution is 5.76. The van der Waals surface area contributed by atoms with Gasteiger partial charge in [0, 0.05) is 13.0 Å². The van der Waals surface area contributed by atoms with Crippen LogP contribution in [0.1, 0.15) is 49.7 Å². The molecule has 2 aromatic heterocycles. The van der Waals surface area contributed by atoms with Crippen molar-refractivity contribution in [2.24, 2.45) is 5.92 Å². The molecule has 1 N–H and O–H groups in total. The third kappa shape index (κ3) is 5.61. The number of benzene rings is 1. The van der Waals surface area contributed by atoms with Crippen LogP contribution in [0, 0.1) is 5.92 Å². The zero-order valence-corrected chi connectivity index (χ0v) is 18.1. The largest absolute Gasteiger partial charge is 0.416 e. The first kappa shape index (κ1) is 23.0. The van der Waals surface area contributed by atoms with Crippen molar-refractivity contribution in [3.8, 4) is 0 Å². The van der Waals surface area contributed by atoms with E-state index in [4.69, 9.17) is 0 Å². The molecule has 1 amide bonds. The lowest BCUT2D eigenvalue weighted by Crippen LogP contribution is -2.28. The molecule has 1 saturated carbocycles. The van der Waals surface area contributed by atoms with Gasteiger partial charge in [-0.05, 0) is 30.0 Å². The van der Waals surface area contributed by atoms with E-state index in [0.29, 0.717) is 36.6 Å². The minimum atomic E-state index is -4.45. The number of aromatic nitrogens is 4. The predicted molar refractivity (Wildman–Crippen MR) is 117 cm³/mol. The molecule has 0 saturated heterocycles. The van der Waals surface area contributed by atoms with Gasteiger partial charge in [-0.2, -0.15) is 18.3 Å². The first-order valence-electron chi connectivity index (χ1n) is 11.1. The quantitative estimate of drug-likeness (QED) is 0.554. The van der Waals surface area contributed by atoms with Crippen molar-refractivity contribution >= 4 is 16.9 Å². The first-order chi connectivity index (χ1) is 15.8. The maximum Gasteiger partial charge on any atom is 0.416 e. The fraction of sp³-hybridized carbons (Fsp3) is 0.478. The Hall–Kier alpha value is -3.17. The van der Waals surface area contributed by atoms with E-state index >= 15 is 0 Å². The van der Waals surface area contributed by atoms with Gasteiger partial charge >= 0.3 is 6.18 Å². The fourth-order valence-corrected chi connectivity index (χ4v) is 4.34. The summed E-state index contributed by atoms with van der Waals surface area (Å²) in [5, 5.41) is 7.36. The number of nitrogens with one attached hydrogen (secondary N) is 1. The summed E-state index contributed by atoms with van der Waals surface area (Å²) in [6.07, 6.45) is 4.63. The Kier molecular flexibility index (Phi) is 6.80. The van der Waals surface area contributed by atoms with E-state index in [-0.39, 0.29) is 23.4 Å². The SMILES string of the molecule is O=C(CCC1CCCC1)NCCn1ncc2c(=O)n(Cc3cccc(C(F)(F)F)c3)cnc21. The van der Waals surface area contributed by atoms with Crippen LogP contribution < -0.4 is 10.9 Å². The molecule has 176 valence electrons. The number of hydrogen-bond donors (Lipinski definition) is 1. The van der Waals surface area contributed by atoms with Crippen LogP contribution in [0.25, 0.3) is 11.0 Å². The maximum absolute atomic E-state index is 12.9. The molecule has 33 heavy (non-hydrogen) atoms. The molecule has 1 aromatic carbocycles. The van der Waals surface area contributed by atoms with Gasteiger partial charge in [0.1, 0.15) is 11.7 Å². The third-order valence-electron chi connectivity index (χ3n) is 6.13. The molecule has 0 atom stereocenters. The highest BCUT2D eigenvalue weighted by Crippen LogP contribution is 2.30. The Labute approximate surface area is 188 Å². The summed E-state index contributed by atoms with van der Waals surface area (Å²) in [6.45, 7) is 0.700. The van der Waals surface area contributed by atoms with Crippen molar-refractivity contribution in [1.82, 2.24) is 24.6 Å². The van der Waals surface area contributed by atoms with Gasteiger partial charge in [-0.3, -0.25) is 14.2 Å². The Bertz CT molecular complexity index is 1180. The first-order valence-corrected chi connectivity index (χ1v) is 11.1. The number of hydrogen-bond acceptors (Lipinski definition) is 4. The number of carbonyl (C=O) groups is 1. The van der Waals surface area contributed by atoms with E-state index in [9.17, 15) is 22.8 Å². The van der Waals surface area contributed by atoms with Crippen LogP contribution in [-0.4, -0.2) is 31.8 Å². The summed E-state index contributed by atoms with van der Waals surface area (Å²) >= 11 is 0. The Morgan fingerprint density at radius 2 is 2.00 bits per heavy atom. The van der Waals surface area contributed by atoms with Crippen LogP contribution in [0.3, 0.4) is 0 Å². The van der Waals surface area contributed by atoms with E-state index in [2.05, 4.69) is 15.4 Å². The van der Waals surface area contributed by atoms with Crippen molar-refractivity contribution < 1.29 is 18.0 Å². The van der Waals surface area contributed by atoms with E-state index in [1.807, 2.05) is 0 Å². The molecule has 0 bridgehead atoms. The second kappa shape index (κ2) is 9.76. The molecule has 10 heteroatoms. The lowest BCUT2D eigenvalue weighted by molar-refractivity contribution is -0.137. The number of halogens is 3. The van der Waals surface area contributed by atoms with Crippen LogP contribution >= 0.6 is 0 Å². The lowest BCUT2D eigenvalue weighted by atomic mass is 10.0. The van der Waals surface area contributed by atoms with Gasteiger partial charge in [0.05, 0.1) is 24.8 Å². The molecule has 0 unspecified atom stereocenters. The van der Waals surface area contributed by atoms with E-state index in [1.54, 1.807) is 4.68 Å². The number of amides is 1. The molecular weight excluding hydrogens is 435 g/mol. The van der Waals surface area contributed by atoms with Crippen molar-refractivity contribution in [2.45, 2.75) is 57.8 Å². The zero-order chi connectivity index (χ0) is 23.4. The average molecular weight is 461 g/mol. The summed E-state index contributed by atoms with van der Waals surface area (Å²) in [4.78, 5) is 29.2. The number of nitrogens with zero attached hydrogens (tertiary/aromatic N) is 4. The van der Waals surface area contributed by atoms with Gasteiger partial charge < -0.3 is 5.32 Å². The molecule has 3 aromatic rings. The Balaban J connectivity index is 1.38. The Morgan fingerprint density at radius 3 is 2.76 bits per heavy atom. The molecular formula is C23H26F3N5O2. The zero-order valence-electron chi connectivity index (χ0n) is 18.1. The van der Waals surface area contributed by atoms with Gasteiger partial charge in [-0.1, -0.05) is 37.8 Å². The van der Waals surface area contributed by atoms with Crippen LogP contribution in [0.15, 0.2) is 41.6 Å². The normalized spacial score (nSPS) is 14.8. The number of rotatable bonds is 8. The van der Waals surface area contributed by atoms with Crippen molar-refractivity contribution in [3.05, 3.63) is 58.3 Å². The second-order valence-corrected chi connectivity index (χ2v) is 8.52. The molecule has 1 fully saturated rings. The number of alkyl halides is 3. The van der Waals surface area contributed by atoms with Crippen LogP contribution in [-0.2, 0) is 24.1 Å². The molecule has 0 radical (unpaired) electrons. The maximum atomic E-state index is 12.9. The minimum absolute atomic E-state index is 0.00904. The van der Waals surface area contributed by atoms with Gasteiger partial charge in [0.15, 0.2) is 5.65 Å². The topological polar surface area (TPSA) is 81.8 Å². The molecule has 0 aliphatic heterocycles. The Morgan fingerprint density at radius 1 is 1.21 bits per heavy atom. The summed E-state index contributed by atoms with van der Waals surface area (Å²) in [5.41, 5.74) is -0.425. The molecule has 1 aliphatic carbocycles. The molecule has 0 spiro atoms. The second-order valence-electron chi connectivity index (χ2n) is 8.52. The lowest BCUT2D eigenvalue weighted by Gasteiger charge is -2.10. The van der Waals surface area contributed by atoms with Crippen molar-refractivity contribution in [2.75, 3.05) is 6.54 Å². The predicted octanol–water partition coefficient (Wildman–Crippen LogP) is 3.75. The molecule has 7 nitrogen and oxygen atoms in total. The number of carbonyl (C=O) groups excluding carboxylic acids is 1. The van der Waals surface area contributed by atoms with Gasteiger partial charge in [0.2, 0.25) is 5.91 Å². The van der Waals surface area contributed by atoms with Crippen LogP contribution in [0.4, 0.5) is 13.2 Å². The van der Waals surface area contributed by atoms with Gasteiger partial charge in [0.25, 0.3) is 5.56 Å². The highest BCUT2D eigenvalue weighted by Gasteiger charge is 2.30.